The van der Waals surface area contributed by atoms with Gasteiger partial charge in [-0.25, -0.2) is 9.59 Å². The first kappa shape index (κ1) is 19.9. The monoisotopic (exact) mass is 444 g/mol. The molecule has 3 rings (SSSR count). The van der Waals surface area contributed by atoms with Gasteiger partial charge in [-0.2, -0.15) is 0 Å². The van der Waals surface area contributed by atoms with Crippen molar-refractivity contribution in [2.45, 2.75) is 19.6 Å². The maximum atomic E-state index is 12.5. The molecular formula is C21H21BrN2O4. The first-order chi connectivity index (χ1) is 13.4. The zero-order valence-corrected chi connectivity index (χ0v) is 17.4. The molecule has 0 aliphatic carbocycles. The molecule has 1 atom stereocenters. The number of carbonyl (C=O) groups is 2. The van der Waals surface area contributed by atoms with Crippen molar-refractivity contribution in [3.8, 4) is 5.75 Å². The number of urea groups is 1. The van der Waals surface area contributed by atoms with E-state index in [9.17, 15) is 9.59 Å². The number of hydrogen-bond donors (Lipinski definition) is 1. The van der Waals surface area contributed by atoms with Crippen LogP contribution in [0.25, 0.3) is 0 Å². The minimum atomic E-state index is -0.681. The molecule has 1 aliphatic heterocycles. The quantitative estimate of drug-likeness (QED) is 0.702. The minimum Gasteiger partial charge on any atom is -0.489 e. The lowest BCUT2D eigenvalue weighted by molar-refractivity contribution is -0.136. The Morgan fingerprint density at radius 3 is 2.61 bits per heavy atom. The van der Waals surface area contributed by atoms with Gasteiger partial charge in [0.1, 0.15) is 12.4 Å². The number of halogens is 1. The van der Waals surface area contributed by atoms with E-state index in [1.165, 1.54) is 12.0 Å². The third-order valence-corrected chi connectivity index (χ3v) is 5.17. The fraction of sp³-hybridized carbons (Fsp3) is 0.238. The van der Waals surface area contributed by atoms with Crippen LogP contribution in [-0.2, 0) is 16.1 Å². The third-order valence-electron chi connectivity index (χ3n) is 4.68. The average Bonchev–Trinajstić information content (AvgIpc) is 2.71. The van der Waals surface area contributed by atoms with E-state index in [2.05, 4.69) is 21.2 Å². The zero-order valence-electron chi connectivity index (χ0n) is 15.9. The number of carbonyl (C=O) groups excluding carboxylic acids is 2. The van der Waals surface area contributed by atoms with Crippen LogP contribution in [0.2, 0.25) is 0 Å². The molecular weight excluding hydrogens is 424 g/mol. The highest BCUT2D eigenvalue weighted by atomic mass is 79.9. The SMILES string of the molecule is COC(=O)C1=C(C)N(C)C(=O)NC1c1cc(Br)ccc1OCc1ccccc1. The molecule has 2 aromatic rings. The van der Waals surface area contributed by atoms with Gasteiger partial charge < -0.3 is 19.7 Å². The summed E-state index contributed by atoms with van der Waals surface area (Å²) in [5, 5.41) is 2.87. The molecule has 6 nitrogen and oxygen atoms in total. The van der Waals surface area contributed by atoms with Crippen LogP contribution in [0.5, 0.6) is 5.75 Å². The predicted octanol–water partition coefficient (Wildman–Crippen LogP) is 4.17. The molecule has 1 aliphatic rings. The molecule has 0 saturated heterocycles. The third kappa shape index (κ3) is 4.04. The number of ether oxygens (including phenoxy) is 2. The van der Waals surface area contributed by atoms with E-state index < -0.39 is 12.0 Å². The number of benzene rings is 2. The smallest absolute Gasteiger partial charge is 0.337 e. The lowest BCUT2D eigenvalue weighted by atomic mass is 9.94. The molecule has 0 spiro atoms. The second kappa shape index (κ2) is 8.48. The Morgan fingerprint density at radius 2 is 1.93 bits per heavy atom. The standard InChI is InChI=1S/C21H21BrN2O4/c1-13-18(20(25)27-3)19(23-21(26)24(13)2)16-11-15(22)9-10-17(16)28-12-14-7-5-4-6-8-14/h4-11,19H,12H2,1-3H3,(H,23,26). The van der Waals surface area contributed by atoms with Crippen molar-refractivity contribution in [2.24, 2.45) is 0 Å². The number of nitrogens with one attached hydrogen (secondary N) is 1. The molecule has 0 bridgehead atoms. The number of allylic oxidation sites excluding steroid dienone is 1. The van der Waals surface area contributed by atoms with Gasteiger partial charge >= 0.3 is 12.0 Å². The van der Waals surface area contributed by atoms with Gasteiger partial charge in [-0.1, -0.05) is 46.3 Å². The van der Waals surface area contributed by atoms with Gasteiger partial charge in [0.15, 0.2) is 0 Å². The van der Waals surface area contributed by atoms with Gasteiger partial charge in [0.05, 0.1) is 18.7 Å². The number of nitrogens with zero attached hydrogens (tertiary/aromatic N) is 1. The summed E-state index contributed by atoms with van der Waals surface area (Å²) in [7, 11) is 2.93. The van der Waals surface area contributed by atoms with Crippen LogP contribution in [0, 0.1) is 0 Å². The molecule has 1 unspecified atom stereocenters. The van der Waals surface area contributed by atoms with Crippen LogP contribution in [-0.4, -0.2) is 31.1 Å². The summed E-state index contributed by atoms with van der Waals surface area (Å²) in [6, 6.07) is 14.3. The van der Waals surface area contributed by atoms with E-state index in [4.69, 9.17) is 9.47 Å². The molecule has 7 heteroatoms. The van der Waals surface area contributed by atoms with Gasteiger partial charge in [-0.05, 0) is 30.7 Å². The second-order valence-electron chi connectivity index (χ2n) is 6.39. The van der Waals surface area contributed by atoms with Crippen molar-refractivity contribution in [1.29, 1.82) is 0 Å². The fourth-order valence-corrected chi connectivity index (χ4v) is 3.43. The zero-order chi connectivity index (χ0) is 20.3. The maximum absolute atomic E-state index is 12.5. The Labute approximate surface area is 172 Å². The number of amides is 2. The topological polar surface area (TPSA) is 67.9 Å². The first-order valence-electron chi connectivity index (χ1n) is 8.72. The van der Waals surface area contributed by atoms with Crippen molar-refractivity contribution >= 4 is 27.9 Å². The molecule has 28 heavy (non-hydrogen) atoms. The number of hydrogen-bond acceptors (Lipinski definition) is 4. The molecule has 1 N–H and O–H groups in total. The van der Waals surface area contributed by atoms with E-state index in [1.807, 2.05) is 48.5 Å². The van der Waals surface area contributed by atoms with Gasteiger partial charge in [0, 0.05) is 22.8 Å². The summed E-state index contributed by atoms with van der Waals surface area (Å²) in [5.74, 6) is 0.0828. The fourth-order valence-electron chi connectivity index (χ4n) is 3.05. The van der Waals surface area contributed by atoms with E-state index in [0.29, 0.717) is 29.2 Å². The average molecular weight is 445 g/mol. The van der Waals surface area contributed by atoms with E-state index in [-0.39, 0.29) is 6.03 Å². The van der Waals surface area contributed by atoms with Crippen LogP contribution in [0.1, 0.15) is 24.1 Å². The summed E-state index contributed by atoms with van der Waals surface area (Å²) < 4.78 is 11.8. The molecule has 0 fully saturated rings. The maximum Gasteiger partial charge on any atom is 0.337 e. The predicted molar refractivity (Wildman–Crippen MR) is 109 cm³/mol. The van der Waals surface area contributed by atoms with Crippen LogP contribution in [0.3, 0.4) is 0 Å². The second-order valence-corrected chi connectivity index (χ2v) is 7.30. The highest BCUT2D eigenvalue weighted by molar-refractivity contribution is 9.10. The Bertz CT molecular complexity index is 927. The molecule has 1 heterocycles. The normalized spacial score (nSPS) is 16.6. The molecule has 0 aromatic heterocycles. The van der Waals surface area contributed by atoms with Crippen molar-refractivity contribution in [3.63, 3.8) is 0 Å². The molecule has 0 saturated carbocycles. The number of esters is 1. The van der Waals surface area contributed by atoms with E-state index >= 15 is 0 Å². The Kier molecular flexibility index (Phi) is 6.04. The van der Waals surface area contributed by atoms with Crippen molar-refractivity contribution in [1.82, 2.24) is 10.2 Å². The van der Waals surface area contributed by atoms with Gasteiger partial charge in [0.25, 0.3) is 0 Å². The Balaban J connectivity index is 2.02. The summed E-state index contributed by atoms with van der Waals surface area (Å²) in [5.41, 5.74) is 2.59. The highest BCUT2D eigenvalue weighted by Gasteiger charge is 2.36. The van der Waals surface area contributed by atoms with Gasteiger partial charge in [-0.3, -0.25) is 0 Å². The Hall–Kier alpha value is -2.80. The lowest BCUT2D eigenvalue weighted by Crippen LogP contribution is -2.46. The number of rotatable bonds is 5. The summed E-state index contributed by atoms with van der Waals surface area (Å²) in [4.78, 5) is 26.3. The lowest BCUT2D eigenvalue weighted by Gasteiger charge is -2.33. The summed E-state index contributed by atoms with van der Waals surface area (Å²) in [6.45, 7) is 2.09. The van der Waals surface area contributed by atoms with Crippen LogP contribution < -0.4 is 10.1 Å². The minimum absolute atomic E-state index is 0.302. The van der Waals surface area contributed by atoms with E-state index in [0.717, 1.165) is 10.0 Å². The van der Waals surface area contributed by atoms with Crippen molar-refractivity contribution in [2.75, 3.05) is 14.2 Å². The molecule has 146 valence electrons. The Morgan fingerprint density at radius 1 is 1.21 bits per heavy atom. The molecule has 2 amide bonds. The number of methoxy groups -OCH3 is 1. The molecule has 2 aromatic carbocycles. The van der Waals surface area contributed by atoms with Gasteiger partial charge in [-0.15, -0.1) is 0 Å². The van der Waals surface area contributed by atoms with Crippen LogP contribution in [0.4, 0.5) is 4.79 Å². The van der Waals surface area contributed by atoms with Gasteiger partial charge in [0.2, 0.25) is 0 Å². The summed E-state index contributed by atoms with van der Waals surface area (Å²) >= 11 is 3.46. The van der Waals surface area contributed by atoms with Crippen molar-refractivity contribution < 1.29 is 19.1 Å². The van der Waals surface area contributed by atoms with Crippen molar-refractivity contribution in [3.05, 3.63) is 75.4 Å². The van der Waals surface area contributed by atoms with Crippen LogP contribution >= 0.6 is 15.9 Å². The molecule has 0 radical (unpaired) electrons. The largest absolute Gasteiger partial charge is 0.489 e. The summed E-state index contributed by atoms with van der Waals surface area (Å²) in [6.07, 6.45) is 0. The first-order valence-corrected chi connectivity index (χ1v) is 9.51. The van der Waals surface area contributed by atoms with E-state index in [1.54, 1.807) is 14.0 Å². The highest BCUT2D eigenvalue weighted by Crippen LogP contribution is 2.37. The van der Waals surface area contributed by atoms with Crippen LogP contribution in [0.15, 0.2) is 64.3 Å².